The Bertz CT molecular complexity index is 590. The Balaban J connectivity index is 2.21. The molecule has 0 unspecified atom stereocenters. The first-order valence-corrected chi connectivity index (χ1v) is 7.20. The molecular formula is C15H17BrN2O. The predicted molar refractivity (Wildman–Crippen MR) is 79.4 cm³/mol. The lowest BCUT2D eigenvalue weighted by Crippen LogP contribution is -2.11. The Morgan fingerprint density at radius 3 is 2.95 bits per heavy atom. The van der Waals surface area contributed by atoms with Crippen molar-refractivity contribution in [3.63, 3.8) is 0 Å². The summed E-state index contributed by atoms with van der Waals surface area (Å²) in [4.78, 5) is 16.6. The summed E-state index contributed by atoms with van der Waals surface area (Å²) in [6.45, 7) is 5.00. The maximum Gasteiger partial charge on any atom is 0.171 e. The molecule has 0 atom stereocenters. The van der Waals surface area contributed by atoms with Crippen LogP contribution in [0.25, 0.3) is 0 Å². The molecule has 4 heteroatoms. The van der Waals surface area contributed by atoms with Gasteiger partial charge in [0.05, 0.1) is 6.42 Å². The van der Waals surface area contributed by atoms with Crippen LogP contribution >= 0.6 is 15.9 Å². The number of benzene rings is 1. The van der Waals surface area contributed by atoms with E-state index in [1.165, 1.54) is 0 Å². The fraction of sp³-hybridized carbons (Fsp3) is 0.333. The molecule has 0 radical (unpaired) electrons. The fourth-order valence-corrected chi connectivity index (χ4v) is 2.51. The average Bonchev–Trinajstić information content (AvgIpc) is 2.80. The zero-order valence-corrected chi connectivity index (χ0v) is 12.8. The van der Waals surface area contributed by atoms with Crippen LogP contribution in [-0.4, -0.2) is 15.3 Å². The van der Waals surface area contributed by atoms with Crippen molar-refractivity contribution in [1.82, 2.24) is 9.55 Å². The number of aryl methyl sites for hydroxylation is 2. The van der Waals surface area contributed by atoms with E-state index < -0.39 is 0 Å². The lowest BCUT2D eigenvalue weighted by atomic mass is 10.1. The molecule has 0 aliphatic heterocycles. The molecule has 1 aromatic heterocycles. The van der Waals surface area contributed by atoms with Crippen molar-refractivity contribution in [2.24, 2.45) is 0 Å². The molecule has 3 nitrogen and oxygen atoms in total. The van der Waals surface area contributed by atoms with Crippen LogP contribution in [0.3, 0.4) is 0 Å². The number of carbonyl (C=O) groups excluding carboxylic acids is 1. The molecule has 0 amide bonds. The number of hydrogen-bond donors (Lipinski definition) is 0. The van der Waals surface area contributed by atoms with Gasteiger partial charge in [0.15, 0.2) is 5.78 Å². The molecule has 1 aromatic carbocycles. The highest BCUT2D eigenvalue weighted by Gasteiger charge is 2.14. The van der Waals surface area contributed by atoms with E-state index in [4.69, 9.17) is 0 Å². The molecule has 1 heterocycles. The predicted octanol–water partition coefficient (Wildman–Crippen LogP) is 3.79. The molecule has 0 spiro atoms. The lowest BCUT2D eigenvalue weighted by Gasteiger charge is -2.07. The van der Waals surface area contributed by atoms with E-state index in [2.05, 4.69) is 27.8 Å². The topological polar surface area (TPSA) is 34.9 Å². The second-order valence-corrected chi connectivity index (χ2v) is 5.47. The van der Waals surface area contributed by atoms with E-state index in [9.17, 15) is 4.79 Å². The van der Waals surface area contributed by atoms with Crippen molar-refractivity contribution in [2.45, 2.75) is 33.2 Å². The van der Waals surface area contributed by atoms with Crippen LogP contribution in [0.5, 0.6) is 0 Å². The van der Waals surface area contributed by atoms with Gasteiger partial charge in [-0.1, -0.05) is 34.5 Å². The smallest absolute Gasteiger partial charge is 0.171 e. The molecule has 0 bridgehead atoms. The number of halogens is 1. The second-order valence-electron chi connectivity index (χ2n) is 4.62. The van der Waals surface area contributed by atoms with Gasteiger partial charge in [0.25, 0.3) is 0 Å². The van der Waals surface area contributed by atoms with Crippen molar-refractivity contribution in [2.75, 3.05) is 0 Å². The number of nitrogens with zero attached hydrogens (tertiary/aromatic N) is 2. The molecule has 0 aliphatic carbocycles. The van der Waals surface area contributed by atoms with Gasteiger partial charge in [-0.2, -0.15) is 0 Å². The van der Waals surface area contributed by atoms with Crippen LogP contribution in [0.1, 0.15) is 35.1 Å². The number of ketones is 1. The summed E-state index contributed by atoms with van der Waals surface area (Å²) >= 11 is 3.44. The van der Waals surface area contributed by atoms with Gasteiger partial charge in [0, 0.05) is 29.0 Å². The Labute approximate surface area is 121 Å². The zero-order chi connectivity index (χ0) is 13.8. The second kappa shape index (κ2) is 6.15. The number of aromatic nitrogens is 2. The van der Waals surface area contributed by atoms with E-state index in [-0.39, 0.29) is 5.78 Å². The van der Waals surface area contributed by atoms with Crippen molar-refractivity contribution >= 4 is 21.7 Å². The quantitative estimate of drug-likeness (QED) is 0.785. The minimum Gasteiger partial charge on any atom is -0.335 e. The Hall–Kier alpha value is -1.42. The lowest BCUT2D eigenvalue weighted by molar-refractivity contribution is 0.0989. The number of rotatable bonds is 5. The summed E-state index contributed by atoms with van der Waals surface area (Å²) in [5.41, 5.74) is 1.81. The summed E-state index contributed by atoms with van der Waals surface area (Å²) < 4.78 is 2.89. The largest absolute Gasteiger partial charge is 0.335 e. The van der Waals surface area contributed by atoms with Gasteiger partial charge in [-0.3, -0.25) is 4.79 Å². The zero-order valence-electron chi connectivity index (χ0n) is 11.2. The van der Waals surface area contributed by atoms with Gasteiger partial charge in [-0.05, 0) is 25.5 Å². The molecule has 0 saturated heterocycles. The first-order chi connectivity index (χ1) is 9.11. The molecule has 0 saturated carbocycles. The normalized spacial score (nSPS) is 10.7. The molecule has 0 fully saturated rings. The SMILES string of the molecule is CCCn1ccnc1CC(=O)c1cc(C)ccc1Br. The third-order valence-electron chi connectivity index (χ3n) is 3.01. The van der Waals surface area contributed by atoms with E-state index in [1.54, 1.807) is 6.20 Å². The number of imidazole rings is 1. The van der Waals surface area contributed by atoms with Crippen LogP contribution < -0.4 is 0 Å². The molecular weight excluding hydrogens is 304 g/mol. The standard InChI is InChI=1S/C15H17BrN2O/c1-3-7-18-8-6-17-15(18)10-14(19)12-9-11(2)4-5-13(12)16/h4-6,8-9H,3,7,10H2,1-2H3. The highest BCUT2D eigenvalue weighted by molar-refractivity contribution is 9.10. The van der Waals surface area contributed by atoms with Crippen LogP contribution in [-0.2, 0) is 13.0 Å². The van der Waals surface area contributed by atoms with Gasteiger partial charge in [-0.15, -0.1) is 0 Å². The summed E-state index contributed by atoms with van der Waals surface area (Å²) in [7, 11) is 0. The minimum atomic E-state index is 0.0964. The first-order valence-electron chi connectivity index (χ1n) is 6.41. The van der Waals surface area contributed by atoms with Crippen molar-refractivity contribution in [3.05, 3.63) is 52.0 Å². The van der Waals surface area contributed by atoms with Crippen molar-refractivity contribution in [3.8, 4) is 0 Å². The fourth-order valence-electron chi connectivity index (χ4n) is 2.04. The van der Waals surface area contributed by atoms with E-state index >= 15 is 0 Å². The highest BCUT2D eigenvalue weighted by Crippen LogP contribution is 2.20. The van der Waals surface area contributed by atoms with E-state index in [0.717, 1.165) is 34.4 Å². The van der Waals surface area contributed by atoms with Gasteiger partial charge >= 0.3 is 0 Å². The molecule has 2 rings (SSSR count). The summed E-state index contributed by atoms with van der Waals surface area (Å²) in [6.07, 6.45) is 5.06. The van der Waals surface area contributed by atoms with Gasteiger partial charge in [0.1, 0.15) is 5.82 Å². The highest BCUT2D eigenvalue weighted by atomic mass is 79.9. The Kier molecular flexibility index (Phi) is 4.53. The summed E-state index contributed by atoms with van der Waals surface area (Å²) in [5, 5.41) is 0. The van der Waals surface area contributed by atoms with Crippen LogP contribution in [0.2, 0.25) is 0 Å². The van der Waals surface area contributed by atoms with Crippen LogP contribution in [0, 0.1) is 6.92 Å². The van der Waals surface area contributed by atoms with Crippen molar-refractivity contribution in [1.29, 1.82) is 0 Å². The molecule has 2 aromatic rings. The Morgan fingerprint density at radius 1 is 1.42 bits per heavy atom. The first kappa shape index (κ1) is 14.0. The van der Waals surface area contributed by atoms with Crippen LogP contribution in [0.15, 0.2) is 35.1 Å². The number of hydrogen-bond acceptors (Lipinski definition) is 2. The average molecular weight is 321 g/mol. The van der Waals surface area contributed by atoms with E-state index in [1.807, 2.05) is 35.9 Å². The molecule has 19 heavy (non-hydrogen) atoms. The summed E-state index contributed by atoms with van der Waals surface area (Å²) in [5.74, 6) is 0.930. The molecule has 0 aliphatic rings. The number of Topliss-reactive ketones (excluding diaryl/α,β-unsaturated/α-hetero) is 1. The maximum atomic E-state index is 12.4. The third-order valence-corrected chi connectivity index (χ3v) is 3.70. The van der Waals surface area contributed by atoms with Gasteiger partial charge in [-0.25, -0.2) is 4.98 Å². The Morgan fingerprint density at radius 2 is 2.21 bits per heavy atom. The van der Waals surface area contributed by atoms with Gasteiger partial charge in [0.2, 0.25) is 0 Å². The number of carbonyl (C=O) groups is 1. The van der Waals surface area contributed by atoms with Crippen molar-refractivity contribution < 1.29 is 4.79 Å². The summed E-state index contributed by atoms with van der Waals surface area (Å²) in [6, 6.07) is 5.82. The van der Waals surface area contributed by atoms with Gasteiger partial charge < -0.3 is 4.57 Å². The monoisotopic (exact) mass is 320 g/mol. The molecule has 0 N–H and O–H groups in total. The van der Waals surface area contributed by atoms with Crippen LogP contribution in [0.4, 0.5) is 0 Å². The maximum absolute atomic E-state index is 12.4. The third kappa shape index (κ3) is 3.32. The van der Waals surface area contributed by atoms with E-state index in [0.29, 0.717) is 6.42 Å². The minimum absolute atomic E-state index is 0.0964. The molecule has 100 valence electrons.